The molecule has 0 aromatic rings. The number of carbonyl (C=O) groups is 1. The lowest BCUT2D eigenvalue weighted by Gasteiger charge is -1.78. The van der Waals surface area contributed by atoms with Gasteiger partial charge in [-0.05, 0) is 0 Å². The minimum absolute atomic E-state index is 0.130. The second-order valence-electron chi connectivity index (χ2n) is 0.752. The van der Waals surface area contributed by atoms with Crippen LogP contribution in [0.1, 0.15) is 0 Å². The molecule has 34 valence electrons. The topological polar surface area (TPSA) is 37.3 Å². The molecule has 1 N–H and O–H groups in total. The Kier molecular flexibility index (Phi) is 1.73. The Morgan fingerprint density at radius 2 is 2.00 bits per heavy atom. The van der Waals surface area contributed by atoms with E-state index >= 15 is 0 Å². The lowest BCUT2D eigenvalue weighted by Crippen LogP contribution is -1.89. The van der Waals surface area contributed by atoms with Crippen molar-refractivity contribution in [3.05, 3.63) is 11.5 Å². The fourth-order valence-electron chi connectivity index (χ4n) is 0. The van der Waals surface area contributed by atoms with E-state index in [0.717, 1.165) is 0 Å². The monoisotopic (exact) mass is 104 g/mol. The highest BCUT2D eigenvalue weighted by Gasteiger charge is 1.91. The first-order valence-corrected chi connectivity index (χ1v) is 1.70. The molecule has 0 rings (SSSR count). The number of thiol groups is 1. The third-order valence-electron chi connectivity index (χ3n) is 0.247. The number of carboxylic acid groups (broad SMARTS) is 1. The average Bonchev–Trinajstić information content (AvgIpc) is 1.36. The van der Waals surface area contributed by atoms with E-state index in [-0.39, 0.29) is 4.91 Å². The van der Waals surface area contributed by atoms with Crippen LogP contribution in [0.5, 0.6) is 0 Å². The van der Waals surface area contributed by atoms with Crippen molar-refractivity contribution >= 4 is 18.6 Å². The summed E-state index contributed by atoms with van der Waals surface area (Å²) in [6, 6.07) is 0. The van der Waals surface area contributed by atoms with E-state index in [1.165, 1.54) is 0 Å². The maximum atomic E-state index is 9.52. The van der Waals surface area contributed by atoms with Gasteiger partial charge in [-0.3, -0.25) is 0 Å². The van der Waals surface area contributed by atoms with Gasteiger partial charge in [0.1, 0.15) is 0 Å². The molecule has 0 aliphatic rings. The van der Waals surface area contributed by atoms with Gasteiger partial charge in [-0.1, -0.05) is 6.58 Å². The van der Waals surface area contributed by atoms with E-state index in [0.29, 0.717) is 0 Å². The van der Waals surface area contributed by atoms with Crippen LogP contribution < -0.4 is 0 Å². The molecule has 0 amide bonds. The highest BCUT2D eigenvalue weighted by Crippen LogP contribution is 1.91. The van der Waals surface area contributed by atoms with Gasteiger partial charge in [0.25, 0.3) is 0 Å². The SMILES string of the molecule is C=C(S)C(=O)O. The molecule has 0 radical (unpaired) electrons. The molecule has 6 heavy (non-hydrogen) atoms. The Morgan fingerprint density at radius 3 is 2.00 bits per heavy atom. The van der Waals surface area contributed by atoms with Crippen LogP contribution in [0.2, 0.25) is 0 Å². The van der Waals surface area contributed by atoms with Gasteiger partial charge in [-0.2, -0.15) is 0 Å². The first-order chi connectivity index (χ1) is 2.64. The van der Waals surface area contributed by atoms with Gasteiger partial charge >= 0.3 is 5.97 Å². The summed E-state index contributed by atoms with van der Waals surface area (Å²) in [7, 11) is 0. The van der Waals surface area contributed by atoms with Gasteiger partial charge in [0, 0.05) is 0 Å². The molecule has 0 atom stereocenters. The molecule has 0 aliphatic carbocycles. The van der Waals surface area contributed by atoms with Crippen LogP contribution >= 0.6 is 12.6 Å². The fourth-order valence-corrected chi connectivity index (χ4v) is 0. The van der Waals surface area contributed by atoms with Crippen LogP contribution in [0.3, 0.4) is 0 Å². The van der Waals surface area contributed by atoms with Crippen LogP contribution in [0.4, 0.5) is 0 Å². The van der Waals surface area contributed by atoms with Gasteiger partial charge in [0.15, 0.2) is 0 Å². The van der Waals surface area contributed by atoms with Crippen LogP contribution in [0.25, 0.3) is 0 Å². The average molecular weight is 104 g/mol. The molecule has 0 bridgehead atoms. The van der Waals surface area contributed by atoms with Crippen molar-refractivity contribution in [2.75, 3.05) is 0 Å². The fraction of sp³-hybridized carbons (Fsp3) is 0. The Morgan fingerprint density at radius 1 is 1.83 bits per heavy atom. The van der Waals surface area contributed by atoms with Gasteiger partial charge in [-0.15, -0.1) is 12.6 Å². The van der Waals surface area contributed by atoms with E-state index in [1.807, 2.05) is 0 Å². The smallest absolute Gasteiger partial charge is 0.341 e. The molecule has 0 spiro atoms. The molecule has 0 aromatic carbocycles. The van der Waals surface area contributed by atoms with Crippen molar-refractivity contribution < 1.29 is 9.90 Å². The summed E-state index contributed by atoms with van der Waals surface area (Å²) in [4.78, 5) is 9.39. The number of rotatable bonds is 1. The lowest BCUT2D eigenvalue weighted by molar-refractivity contribution is -0.131. The van der Waals surface area contributed by atoms with Gasteiger partial charge < -0.3 is 5.11 Å². The van der Waals surface area contributed by atoms with E-state index in [9.17, 15) is 4.79 Å². The molecule has 0 aromatic heterocycles. The van der Waals surface area contributed by atoms with Crippen molar-refractivity contribution in [2.45, 2.75) is 0 Å². The standard InChI is InChI=1S/C3H4O2S/c1-2(6)3(4)5/h6H,1H2,(H,4,5). The largest absolute Gasteiger partial charge is 0.477 e. The molecule has 0 saturated carbocycles. The van der Waals surface area contributed by atoms with Crippen molar-refractivity contribution in [3.63, 3.8) is 0 Å². The van der Waals surface area contributed by atoms with E-state index in [4.69, 9.17) is 5.11 Å². The summed E-state index contributed by atoms with van der Waals surface area (Å²) in [6.45, 7) is 3.02. The molecule has 3 heteroatoms. The summed E-state index contributed by atoms with van der Waals surface area (Å²) in [6.07, 6.45) is 0. The zero-order valence-corrected chi connectivity index (χ0v) is 3.90. The van der Waals surface area contributed by atoms with Gasteiger partial charge in [0.2, 0.25) is 0 Å². The molecule has 0 aliphatic heterocycles. The molecule has 2 nitrogen and oxygen atoms in total. The third kappa shape index (κ3) is 1.84. The number of hydrogen-bond acceptors (Lipinski definition) is 2. The number of aliphatic carboxylic acids is 1. The van der Waals surface area contributed by atoms with Gasteiger partial charge in [0.05, 0.1) is 4.91 Å². The zero-order chi connectivity index (χ0) is 5.15. The quantitative estimate of drug-likeness (QED) is 0.376. The van der Waals surface area contributed by atoms with Crippen LogP contribution in [-0.4, -0.2) is 11.1 Å². The van der Waals surface area contributed by atoms with Gasteiger partial charge in [-0.25, -0.2) is 4.79 Å². The summed E-state index contributed by atoms with van der Waals surface area (Å²) < 4.78 is 0. The van der Waals surface area contributed by atoms with Crippen molar-refractivity contribution in [1.82, 2.24) is 0 Å². The third-order valence-corrected chi connectivity index (χ3v) is 0.438. The Bertz CT molecular complexity index is 74.8. The first kappa shape index (κ1) is 5.56. The maximum absolute atomic E-state index is 9.52. The number of carboxylic acids is 1. The summed E-state index contributed by atoms with van der Waals surface area (Å²) in [5.41, 5.74) is 0. The van der Waals surface area contributed by atoms with Crippen LogP contribution in [0.15, 0.2) is 11.5 Å². The van der Waals surface area contributed by atoms with Crippen molar-refractivity contribution in [1.29, 1.82) is 0 Å². The zero-order valence-electron chi connectivity index (χ0n) is 3.01. The van der Waals surface area contributed by atoms with Crippen molar-refractivity contribution in [3.8, 4) is 0 Å². The maximum Gasteiger partial charge on any atom is 0.341 e. The molecule has 0 saturated heterocycles. The highest BCUT2D eigenvalue weighted by atomic mass is 32.1. The lowest BCUT2D eigenvalue weighted by atomic mass is 10.7. The van der Waals surface area contributed by atoms with Crippen LogP contribution in [-0.2, 0) is 4.79 Å². The minimum Gasteiger partial charge on any atom is -0.477 e. The molecular formula is C3H4O2S. The van der Waals surface area contributed by atoms with E-state index in [1.54, 1.807) is 0 Å². The van der Waals surface area contributed by atoms with Crippen molar-refractivity contribution in [2.24, 2.45) is 0 Å². The molecule has 0 unspecified atom stereocenters. The normalized spacial score (nSPS) is 7.50. The second-order valence-corrected chi connectivity index (χ2v) is 1.29. The summed E-state index contributed by atoms with van der Waals surface area (Å²) in [5, 5.41) is 7.81. The highest BCUT2D eigenvalue weighted by molar-refractivity contribution is 7.85. The predicted molar refractivity (Wildman–Crippen MR) is 25.8 cm³/mol. The summed E-state index contributed by atoms with van der Waals surface area (Å²) >= 11 is 3.40. The minimum atomic E-state index is -1.07. The molecular weight excluding hydrogens is 100 g/mol. The number of hydrogen-bond donors (Lipinski definition) is 2. The Balaban J connectivity index is 3.57. The van der Waals surface area contributed by atoms with Crippen LogP contribution in [0, 0.1) is 0 Å². The summed E-state index contributed by atoms with van der Waals surface area (Å²) in [5.74, 6) is -1.07. The molecule has 0 heterocycles. The van der Waals surface area contributed by atoms with E-state index < -0.39 is 5.97 Å². The Labute approximate surface area is 40.9 Å². The Hall–Kier alpha value is -0.440. The first-order valence-electron chi connectivity index (χ1n) is 1.25. The second kappa shape index (κ2) is 1.87. The predicted octanol–water partition coefficient (Wildman–Crippen LogP) is 0.514. The van der Waals surface area contributed by atoms with E-state index in [2.05, 4.69) is 19.2 Å². The molecule has 0 fully saturated rings.